The van der Waals surface area contributed by atoms with Crippen LogP contribution < -0.4 is 0 Å². The largest absolute Gasteiger partial charge is 0.238 e. The first kappa shape index (κ1) is 22.7. The molecular weight excluding hydrogens is 456 g/mol. The minimum Gasteiger partial charge on any atom is -0.224 e. The first-order valence-electron chi connectivity index (χ1n) is 12.4. The predicted octanol–water partition coefficient (Wildman–Crippen LogP) is 6.76. The van der Waals surface area contributed by atoms with Crippen molar-refractivity contribution in [3.63, 3.8) is 0 Å². The Morgan fingerprint density at radius 2 is 0.703 bits per heavy atom. The van der Waals surface area contributed by atoms with Crippen LogP contribution in [-0.2, 0) is 0 Å². The number of rotatable bonds is 6. The molecule has 0 atom stereocenters. The van der Waals surface area contributed by atoms with Crippen LogP contribution in [0.2, 0.25) is 0 Å². The van der Waals surface area contributed by atoms with E-state index in [0.717, 1.165) is 50.9 Å². The molecule has 6 rings (SSSR count). The van der Waals surface area contributed by atoms with Gasteiger partial charge in [-0.15, -0.1) is 0 Å². The van der Waals surface area contributed by atoms with Crippen molar-refractivity contribution < 1.29 is 0 Å². The van der Waals surface area contributed by atoms with Gasteiger partial charge in [-0.25, -0.2) is 14.0 Å². The molecule has 3 heterocycles. The van der Waals surface area contributed by atoms with E-state index in [0.29, 0.717) is 0 Å². The van der Waals surface area contributed by atoms with Gasteiger partial charge in [-0.2, -0.15) is 15.3 Å². The normalized spacial score (nSPS) is 11.4. The van der Waals surface area contributed by atoms with Crippen LogP contribution in [0.5, 0.6) is 0 Å². The van der Waals surface area contributed by atoms with Gasteiger partial charge in [-0.1, -0.05) is 91.0 Å². The van der Waals surface area contributed by atoms with Crippen molar-refractivity contribution >= 4 is 0 Å². The molecule has 3 aromatic carbocycles. The lowest BCUT2D eigenvalue weighted by atomic mass is 10.1. The van der Waals surface area contributed by atoms with E-state index in [1.165, 1.54) is 0 Å². The summed E-state index contributed by atoms with van der Waals surface area (Å²) in [4.78, 5) is 0. The Morgan fingerprint density at radius 3 is 0.973 bits per heavy atom. The van der Waals surface area contributed by atoms with Crippen LogP contribution in [0.1, 0.15) is 23.4 Å². The minimum absolute atomic E-state index is 0.410. The molecule has 0 amide bonds. The van der Waals surface area contributed by atoms with Crippen LogP contribution in [0.4, 0.5) is 0 Å². The summed E-state index contributed by atoms with van der Waals surface area (Å²) in [7, 11) is 0. The molecule has 0 spiro atoms. The average molecular weight is 485 g/mol. The second-order valence-corrected chi connectivity index (χ2v) is 9.29. The van der Waals surface area contributed by atoms with Gasteiger partial charge in [0.15, 0.2) is 0 Å². The second-order valence-electron chi connectivity index (χ2n) is 9.29. The highest BCUT2D eigenvalue weighted by molar-refractivity contribution is 5.61. The quantitative estimate of drug-likeness (QED) is 0.263. The van der Waals surface area contributed by atoms with Crippen molar-refractivity contribution in [1.29, 1.82) is 0 Å². The van der Waals surface area contributed by atoms with E-state index < -0.39 is 6.29 Å². The van der Waals surface area contributed by atoms with Gasteiger partial charge >= 0.3 is 0 Å². The lowest BCUT2D eigenvalue weighted by molar-refractivity contribution is 0.272. The Kier molecular flexibility index (Phi) is 5.77. The van der Waals surface area contributed by atoms with E-state index >= 15 is 0 Å². The number of nitrogens with zero attached hydrogens (tertiary/aromatic N) is 6. The summed E-state index contributed by atoms with van der Waals surface area (Å²) in [6.07, 6.45) is -0.410. The monoisotopic (exact) mass is 484 g/mol. The fraction of sp³-hybridized carbons (Fsp3) is 0.129. The minimum atomic E-state index is -0.410. The van der Waals surface area contributed by atoms with Crippen LogP contribution in [0.3, 0.4) is 0 Å². The molecule has 0 aliphatic carbocycles. The summed E-state index contributed by atoms with van der Waals surface area (Å²) >= 11 is 0. The molecule has 0 aliphatic heterocycles. The van der Waals surface area contributed by atoms with Gasteiger partial charge in [0.1, 0.15) is 0 Å². The molecule has 0 radical (unpaired) electrons. The Balaban J connectivity index is 1.53. The first-order valence-corrected chi connectivity index (χ1v) is 12.4. The van der Waals surface area contributed by atoms with E-state index in [2.05, 4.69) is 75.4 Å². The highest BCUT2D eigenvalue weighted by Gasteiger charge is 2.26. The molecule has 0 saturated carbocycles. The molecule has 0 N–H and O–H groups in total. The summed E-state index contributed by atoms with van der Waals surface area (Å²) in [6.45, 7) is 6.25. The van der Waals surface area contributed by atoms with Gasteiger partial charge in [-0.3, -0.25) is 0 Å². The molecule has 0 saturated heterocycles. The molecule has 182 valence electrons. The smallest absolute Gasteiger partial charge is 0.224 e. The van der Waals surface area contributed by atoms with Gasteiger partial charge in [0.25, 0.3) is 0 Å². The number of hydrogen-bond acceptors (Lipinski definition) is 3. The van der Waals surface area contributed by atoms with Crippen molar-refractivity contribution in [2.45, 2.75) is 27.1 Å². The molecule has 0 fully saturated rings. The SMILES string of the molecule is Cc1cc(-c2ccccc2)nn1C(n1nc(-c2ccccc2)cc1C)n1nc(-c2ccccc2)cc1C. The van der Waals surface area contributed by atoms with Gasteiger partial charge in [-0.05, 0) is 39.0 Å². The standard InChI is InChI=1S/C31H28N6/c1-22-19-28(25-13-7-4-8-14-25)32-35(22)31(36-23(2)20-29(33-36)26-15-9-5-10-16-26)37-24(3)21-30(34-37)27-17-11-6-12-18-27/h4-21,31H,1-3H3. The van der Waals surface area contributed by atoms with Crippen LogP contribution in [0.15, 0.2) is 109 Å². The summed E-state index contributed by atoms with van der Waals surface area (Å²) in [5.41, 5.74) is 9.06. The van der Waals surface area contributed by atoms with Crippen LogP contribution in [0.25, 0.3) is 33.8 Å². The molecule has 6 nitrogen and oxygen atoms in total. The molecule has 0 aliphatic rings. The van der Waals surface area contributed by atoms with E-state index in [1.54, 1.807) is 0 Å². The summed E-state index contributed by atoms with van der Waals surface area (Å²) < 4.78 is 6.06. The van der Waals surface area contributed by atoms with Gasteiger partial charge in [0.2, 0.25) is 6.29 Å². The molecule has 37 heavy (non-hydrogen) atoms. The van der Waals surface area contributed by atoms with Crippen molar-refractivity contribution in [1.82, 2.24) is 29.3 Å². The summed E-state index contributed by atoms with van der Waals surface area (Å²) in [5, 5.41) is 15.2. The zero-order valence-electron chi connectivity index (χ0n) is 21.2. The van der Waals surface area contributed by atoms with Crippen LogP contribution >= 0.6 is 0 Å². The Labute approximate surface area is 216 Å². The third kappa shape index (κ3) is 4.27. The zero-order valence-corrected chi connectivity index (χ0v) is 21.2. The molecule has 3 aromatic heterocycles. The average Bonchev–Trinajstić information content (AvgIpc) is 3.64. The third-order valence-electron chi connectivity index (χ3n) is 6.63. The third-order valence-corrected chi connectivity index (χ3v) is 6.63. The Morgan fingerprint density at radius 1 is 0.432 bits per heavy atom. The van der Waals surface area contributed by atoms with Crippen molar-refractivity contribution in [2.75, 3.05) is 0 Å². The molecule has 6 heteroatoms. The summed E-state index contributed by atoms with van der Waals surface area (Å²) in [6, 6.07) is 37.1. The molecule has 6 aromatic rings. The maximum atomic E-state index is 5.07. The number of aromatic nitrogens is 6. The van der Waals surface area contributed by atoms with Crippen molar-refractivity contribution in [3.05, 3.63) is 126 Å². The number of hydrogen-bond donors (Lipinski definition) is 0. The number of benzene rings is 3. The molecule has 0 unspecified atom stereocenters. The highest BCUT2D eigenvalue weighted by Crippen LogP contribution is 2.28. The fourth-order valence-electron chi connectivity index (χ4n) is 4.73. The predicted molar refractivity (Wildman–Crippen MR) is 147 cm³/mol. The van der Waals surface area contributed by atoms with Crippen molar-refractivity contribution in [2.24, 2.45) is 0 Å². The molecule has 0 bridgehead atoms. The lowest BCUT2D eigenvalue weighted by Gasteiger charge is -2.23. The fourth-order valence-corrected chi connectivity index (χ4v) is 4.73. The highest BCUT2D eigenvalue weighted by atomic mass is 15.6. The van der Waals surface area contributed by atoms with E-state index in [-0.39, 0.29) is 0 Å². The topological polar surface area (TPSA) is 53.5 Å². The number of aryl methyl sites for hydroxylation is 3. The Hall–Kier alpha value is -4.71. The van der Waals surface area contributed by atoms with Gasteiger partial charge in [0, 0.05) is 33.8 Å². The van der Waals surface area contributed by atoms with Gasteiger partial charge in [0.05, 0.1) is 17.1 Å². The first-order chi connectivity index (χ1) is 18.1. The zero-order chi connectivity index (χ0) is 25.4. The van der Waals surface area contributed by atoms with E-state index in [9.17, 15) is 0 Å². The van der Waals surface area contributed by atoms with E-state index in [4.69, 9.17) is 15.3 Å². The maximum Gasteiger partial charge on any atom is 0.238 e. The lowest BCUT2D eigenvalue weighted by Crippen LogP contribution is -2.31. The van der Waals surface area contributed by atoms with Crippen LogP contribution in [-0.4, -0.2) is 29.3 Å². The Bertz CT molecular complexity index is 1440. The van der Waals surface area contributed by atoms with Crippen molar-refractivity contribution in [3.8, 4) is 33.8 Å². The summed E-state index contributed by atoms with van der Waals surface area (Å²) in [5.74, 6) is 0. The maximum absolute atomic E-state index is 5.07. The van der Waals surface area contributed by atoms with Gasteiger partial charge < -0.3 is 0 Å². The van der Waals surface area contributed by atoms with Crippen LogP contribution in [0, 0.1) is 20.8 Å². The molecular formula is C31H28N6. The second kappa shape index (κ2) is 9.39. The van der Waals surface area contributed by atoms with E-state index in [1.807, 2.05) is 68.6 Å².